The number of aryl methyl sites for hydroxylation is 2. The van der Waals surface area contributed by atoms with Gasteiger partial charge in [0.1, 0.15) is 11.6 Å². The zero-order chi connectivity index (χ0) is 13.3. The van der Waals surface area contributed by atoms with Gasteiger partial charge in [0.2, 0.25) is 0 Å². The highest BCUT2D eigenvalue weighted by molar-refractivity contribution is 6.31. The number of nitrogens with zero attached hydrogens (tertiary/aromatic N) is 1. The fraction of sp³-hybridized carbons (Fsp3) is 0.308. The molecule has 0 bridgehead atoms. The molecule has 96 valence electrons. The van der Waals surface area contributed by atoms with E-state index in [0.717, 1.165) is 34.1 Å². The van der Waals surface area contributed by atoms with Crippen molar-refractivity contribution in [3.8, 4) is 17.0 Å². The first-order chi connectivity index (χ1) is 8.56. The zero-order valence-electron chi connectivity index (χ0n) is 10.7. The predicted octanol–water partition coefficient (Wildman–Crippen LogP) is 2.81. The topological polar surface area (TPSA) is 63.9 Å². The number of rotatable bonds is 3. The lowest BCUT2D eigenvalue weighted by molar-refractivity contribution is 0.413. The van der Waals surface area contributed by atoms with Crippen LogP contribution in [-0.4, -0.2) is 17.1 Å². The van der Waals surface area contributed by atoms with Crippen molar-refractivity contribution in [2.75, 3.05) is 7.11 Å². The van der Waals surface area contributed by atoms with Crippen LogP contribution in [0.25, 0.3) is 11.3 Å². The largest absolute Gasteiger partial charge is 0.496 e. The number of benzene rings is 1. The number of methoxy groups -OCH3 is 1. The standard InChI is InChI=1S/C13H16ClN3O/c1-7-4-9(14)5-10(13(7)18-3)12-11(6-15)16-8(2)17-12/h4-5H,6,15H2,1-3H3,(H,16,17). The van der Waals surface area contributed by atoms with E-state index in [0.29, 0.717) is 11.6 Å². The molecule has 0 spiro atoms. The van der Waals surface area contributed by atoms with Crippen molar-refractivity contribution in [1.82, 2.24) is 9.97 Å². The van der Waals surface area contributed by atoms with Crippen molar-refractivity contribution in [3.63, 3.8) is 0 Å². The first kappa shape index (κ1) is 12.9. The highest BCUT2D eigenvalue weighted by Crippen LogP contribution is 2.36. The molecule has 18 heavy (non-hydrogen) atoms. The number of nitrogens with one attached hydrogen (secondary N) is 1. The monoisotopic (exact) mass is 265 g/mol. The average molecular weight is 266 g/mol. The summed E-state index contributed by atoms with van der Waals surface area (Å²) in [6, 6.07) is 3.72. The van der Waals surface area contributed by atoms with Crippen LogP contribution in [0.2, 0.25) is 5.02 Å². The Hall–Kier alpha value is -1.52. The average Bonchev–Trinajstić information content (AvgIpc) is 2.69. The SMILES string of the molecule is COc1c(C)cc(Cl)cc1-c1nc(C)[nH]c1CN. The fourth-order valence-corrected chi connectivity index (χ4v) is 2.36. The molecule has 5 heteroatoms. The van der Waals surface area contributed by atoms with Crippen molar-refractivity contribution in [2.24, 2.45) is 5.73 Å². The van der Waals surface area contributed by atoms with Crippen molar-refractivity contribution >= 4 is 11.6 Å². The molecule has 0 aliphatic rings. The smallest absolute Gasteiger partial charge is 0.131 e. The Morgan fingerprint density at radius 3 is 2.72 bits per heavy atom. The molecule has 0 atom stereocenters. The minimum Gasteiger partial charge on any atom is -0.496 e. The number of halogens is 1. The highest BCUT2D eigenvalue weighted by Gasteiger charge is 2.16. The number of ether oxygens (including phenoxy) is 1. The molecule has 1 aromatic carbocycles. The van der Waals surface area contributed by atoms with Crippen LogP contribution >= 0.6 is 11.6 Å². The summed E-state index contributed by atoms with van der Waals surface area (Å²) >= 11 is 6.11. The van der Waals surface area contributed by atoms with Gasteiger partial charge in [-0.2, -0.15) is 0 Å². The molecule has 1 aromatic heterocycles. The lowest BCUT2D eigenvalue weighted by Gasteiger charge is -2.11. The number of hydrogen-bond donors (Lipinski definition) is 2. The lowest BCUT2D eigenvalue weighted by atomic mass is 10.1. The number of H-pyrrole nitrogens is 1. The molecule has 3 N–H and O–H groups in total. The molecule has 0 aliphatic heterocycles. The molecule has 0 saturated heterocycles. The summed E-state index contributed by atoms with van der Waals surface area (Å²) in [5.41, 5.74) is 9.25. The maximum atomic E-state index is 6.11. The van der Waals surface area contributed by atoms with E-state index in [1.54, 1.807) is 7.11 Å². The van der Waals surface area contributed by atoms with Crippen LogP contribution < -0.4 is 10.5 Å². The third kappa shape index (κ3) is 2.21. The summed E-state index contributed by atoms with van der Waals surface area (Å²) in [5, 5.41) is 0.659. The highest BCUT2D eigenvalue weighted by atomic mass is 35.5. The molecule has 1 heterocycles. The molecular formula is C13H16ClN3O. The van der Waals surface area contributed by atoms with Gasteiger partial charge in [0, 0.05) is 17.1 Å². The second kappa shape index (κ2) is 5.00. The first-order valence-electron chi connectivity index (χ1n) is 5.67. The van der Waals surface area contributed by atoms with E-state index >= 15 is 0 Å². The normalized spacial score (nSPS) is 10.7. The second-order valence-electron chi connectivity index (χ2n) is 4.16. The van der Waals surface area contributed by atoms with E-state index in [-0.39, 0.29) is 0 Å². The van der Waals surface area contributed by atoms with Crippen LogP contribution in [0.15, 0.2) is 12.1 Å². The van der Waals surface area contributed by atoms with Crippen molar-refractivity contribution in [2.45, 2.75) is 20.4 Å². The van der Waals surface area contributed by atoms with Gasteiger partial charge in [-0.25, -0.2) is 4.98 Å². The predicted molar refractivity (Wildman–Crippen MR) is 73.0 cm³/mol. The number of aromatic amines is 1. The molecule has 2 aromatic rings. The van der Waals surface area contributed by atoms with Gasteiger partial charge in [-0.05, 0) is 31.5 Å². The summed E-state index contributed by atoms with van der Waals surface area (Å²) in [7, 11) is 1.64. The lowest BCUT2D eigenvalue weighted by Crippen LogP contribution is -2.00. The zero-order valence-corrected chi connectivity index (χ0v) is 11.4. The van der Waals surface area contributed by atoms with E-state index in [1.165, 1.54) is 0 Å². The summed E-state index contributed by atoms with van der Waals surface area (Å²) in [6.07, 6.45) is 0. The number of hydrogen-bond acceptors (Lipinski definition) is 3. The van der Waals surface area contributed by atoms with Crippen LogP contribution in [0, 0.1) is 13.8 Å². The first-order valence-corrected chi connectivity index (χ1v) is 6.04. The summed E-state index contributed by atoms with van der Waals surface area (Å²) in [4.78, 5) is 7.62. The number of aromatic nitrogens is 2. The molecule has 0 fully saturated rings. The van der Waals surface area contributed by atoms with Crippen LogP contribution in [0.3, 0.4) is 0 Å². The summed E-state index contributed by atoms with van der Waals surface area (Å²) in [5.74, 6) is 1.60. The van der Waals surface area contributed by atoms with E-state index in [4.69, 9.17) is 22.1 Å². The maximum Gasteiger partial charge on any atom is 0.131 e. The van der Waals surface area contributed by atoms with Crippen LogP contribution in [0.5, 0.6) is 5.75 Å². The van der Waals surface area contributed by atoms with Gasteiger partial charge in [-0.3, -0.25) is 0 Å². The molecule has 4 nitrogen and oxygen atoms in total. The van der Waals surface area contributed by atoms with E-state index in [2.05, 4.69) is 9.97 Å². The van der Waals surface area contributed by atoms with Crippen molar-refractivity contribution < 1.29 is 4.74 Å². The van der Waals surface area contributed by atoms with Crippen molar-refractivity contribution in [3.05, 3.63) is 34.2 Å². The van der Waals surface area contributed by atoms with Crippen LogP contribution in [0.4, 0.5) is 0 Å². The molecule has 0 radical (unpaired) electrons. The van der Waals surface area contributed by atoms with Gasteiger partial charge in [-0.1, -0.05) is 11.6 Å². The molecule has 0 saturated carbocycles. The Labute approximate surface area is 111 Å². The molecule has 0 unspecified atom stereocenters. The maximum absolute atomic E-state index is 6.11. The minimum atomic E-state index is 0.394. The van der Waals surface area contributed by atoms with Gasteiger partial charge in [0.25, 0.3) is 0 Å². The van der Waals surface area contributed by atoms with Gasteiger partial charge in [0.05, 0.1) is 18.5 Å². The van der Waals surface area contributed by atoms with Gasteiger partial charge in [-0.15, -0.1) is 0 Å². The quantitative estimate of drug-likeness (QED) is 0.897. The minimum absolute atomic E-state index is 0.394. The third-order valence-corrected chi connectivity index (χ3v) is 3.02. The summed E-state index contributed by atoms with van der Waals surface area (Å²) < 4.78 is 5.44. The number of imidazole rings is 1. The summed E-state index contributed by atoms with van der Waals surface area (Å²) in [6.45, 7) is 4.24. The Balaban J connectivity index is 2.69. The second-order valence-corrected chi connectivity index (χ2v) is 4.59. The molecule has 0 aliphatic carbocycles. The third-order valence-electron chi connectivity index (χ3n) is 2.80. The number of nitrogens with two attached hydrogens (primary N) is 1. The van der Waals surface area contributed by atoms with Gasteiger partial charge >= 0.3 is 0 Å². The Kier molecular flexibility index (Phi) is 3.59. The Morgan fingerprint density at radius 2 is 2.11 bits per heavy atom. The van der Waals surface area contributed by atoms with Crippen LogP contribution in [-0.2, 0) is 6.54 Å². The molecular weight excluding hydrogens is 250 g/mol. The van der Waals surface area contributed by atoms with E-state index in [1.807, 2.05) is 26.0 Å². The van der Waals surface area contributed by atoms with E-state index < -0.39 is 0 Å². The fourth-order valence-electron chi connectivity index (χ4n) is 2.09. The Morgan fingerprint density at radius 1 is 1.39 bits per heavy atom. The molecule has 0 amide bonds. The van der Waals surface area contributed by atoms with Crippen LogP contribution in [0.1, 0.15) is 17.1 Å². The van der Waals surface area contributed by atoms with Crippen molar-refractivity contribution in [1.29, 1.82) is 0 Å². The van der Waals surface area contributed by atoms with Gasteiger partial charge in [0.15, 0.2) is 0 Å². The van der Waals surface area contributed by atoms with Gasteiger partial charge < -0.3 is 15.5 Å². The Bertz CT molecular complexity index is 578. The van der Waals surface area contributed by atoms with E-state index in [9.17, 15) is 0 Å². The molecule has 2 rings (SSSR count).